The predicted octanol–water partition coefficient (Wildman–Crippen LogP) is 17.5. The van der Waals surface area contributed by atoms with Gasteiger partial charge in [0.15, 0.2) is 0 Å². The number of hydrogen-bond donors (Lipinski definition) is 0. The van der Waals surface area contributed by atoms with Crippen LogP contribution in [0.15, 0.2) is 261 Å². The van der Waals surface area contributed by atoms with Crippen LogP contribution in [0.4, 0.5) is 17.1 Å². The van der Waals surface area contributed by atoms with Crippen molar-refractivity contribution in [3.8, 4) is 44.8 Å². The van der Waals surface area contributed by atoms with Crippen molar-refractivity contribution < 1.29 is 0 Å². The predicted molar refractivity (Wildman–Crippen MR) is 284 cm³/mol. The van der Waals surface area contributed by atoms with Gasteiger partial charge in [-0.2, -0.15) is 0 Å². The second-order valence-corrected chi connectivity index (χ2v) is 17.3. The number of fused-ring (bicyclic) bond motifs is 7. The van der Waals surface area contributed by atoms with E-state index in [-0.39, 0.29) is 0 Å². The molecule has 0 aliphatic carbocycles. The number of para-hydroxylation sites is 4. The maximum absolute atomic E-state index is 2.38. The Morgan fingerprint density at radius 3 is 1.21 bits per heavy atom. The van der Waals surface area contributed by atoms with E-state index in [0.29, 0.717) is 0 Å². The average Bonchev–Trinajstić information content (AvgIpc) is 3.92. The highest BCUT2D eigenvalue weighted by molar-refractivity contribution is 6.11. The molecule has 0 radical (unpaired) electrons. The number of aromatic nitrogens is 2. The van der Waals surface area contributed by atoms with Gasteiger partial charge in [-0.3, -0.25) is 0 Å². The molecule has 0 spiro atoms. The summed E-state index contributed by atoms with van der Waals surface area (Å²) in [5, 5.41) is 7.53. The summed E-state index contributed by atoms with van der Waals surface area (Å²) < 4.78 is 4.74. The molecule has 0 fully saturated rings. The summed E-state index contributed by atoms with van der Waals surface area (Å²) in [6.07, 6.45) is 0. The van der Waals surface area contributed by atoms with Crippen LogP contribution < -0.4 is 4.90 Å². The Morgan fingerprint density at radius 1 is 0.239 bits per heavy atom. The van der Waals surface area contributed by atoms with Gasteiger partial charge in [0.05, 0.1) is 22.1 Å². The molecule has 11 aromatic carbocycles. The Balaban J connectivity index is 0.847. The Bertz CT molecular complexity index is 3880. The van der Waals surface area contributed by atoms with Crippen molar-refractivity contribution in [1.82, 2.24) is 9.13 Å². The van der Waals surface area contributed by atoms with Crippen molar-refractivity contribution in [1.29, 1.82) is 0 Å². The molecule has 0 amide bonds. The van der Waals surface area contributed by atoms with Gasteiger partial charge in [-0.05, 0) is 135 Å². The van der Waals surface area contributed by atoms with Crippen LogP contribution in [0.5, 0.6) is 0 Å². The van der Waals surface area contributed by atoms with Gasteiger partial charge in [-0.1, -0.05) is 170 Å². The molecule has 0 aliphatic heterocycles. The molecule has 0 N–H and O–H groups in total. The van der Waals surface area contributed by atoms with E-state index in [1.54, 1.807) is 0 Å². The molecule has 2 aromatic heterocycles. The summed E-state index contributed by atoms with van der Waals surface area (Å²) in [6.45, 7) is 0. The first-order valence-electron chi connectivity index (χ1n) is 23.0. The topological polar surface area (TPSA) is 13.1 Å². The first-order chi connectivity index (χ1) is 33.2. The molecule has 0 aliphatic rings. The molecule has 0 saturated carbocycles. The fourth-order valence-corrected chi connectivity index (χ4v) is 10.3. The maximum atomic E-state index is 2.38. The van der Waals surface area contributed by atoms with E-state index in [1.165, 1.54) is 93.5 Å². The number of anilines is 3. The van der Waals surface area contributed by atoms with Crippen molar-refractivity contribution in [3.63, 3.8) is 0 Å². The minimum Gasteiger partial charge on any atom is -0.311 e. The lowest BCUT2D eigenvalue weighted by atomic mass is 9.98. The van der Waals surface area contributed by atoms with Gasteiger partial charge in [0.25, 0.3) is 0 Å². The highest BCUT2D eigenvalue weighted by Crippen LogP contribution is 2.40. The Kier molecular flexibility index (Phi) is 9.17. The van der Waals surface area contributed by atoms with Crippen molar-refractivity contribution in [2.24, 2.45) is 0 Å². The van der Waals surface area contributed by atoms with Gasteiger partial charge in [-0.15, -0.1) is 0 Å². The Labute approximate surface area is 389 Å². The second-order valence-electron chi connectivity index (χ2n) is 17.3. The number of nitrogens with zero attached hydrogens (tertiary/aromatic N) is 3. The van der Waals surface area contributed by atoms with Crippen LogP contribution in [0.25, 0.3) is 99.1 Å². The van der Waals surface area contributed by atoms with Crippen LogP contribution in [0.3, 0.4) is 0 Å². The minimum atomic E-state index is 1.09. The zero-order valence-corrected chi connectivity index (χ0v) is 36.7. The third-order valence-electron chi connectivity index (χ3n) is 13.5. The summed E-state index contributed by atoms with van der Waals surface area (Å²) in [4.78, 5) is 2.36. The lowest BCUT2D eigenvalue weighted by Crippen LogP contribution is -2.10. The van der Waals surface area contributed by atoms with Gasteiger partial charge in [0, 0.05) is 50.0 Å². The fourth-order valence-electron chi connectivity index (χ4n) is 10.3. The summed E-state index contributed by atoms with van der Waals surface area (Å²) in [7, 11) is 0. The van der Waals surface area contributed by atoms with Crippen LogP contribution in [0.1, 0.15) is 0 Å². The quantitative estimate of drug-likeness (QED) is 0.148. The Morgan fingerprint density at radius 2 is 0.627 bits per heavy atom. The summed E-state index contributed by atoms with van der Waals surface area (Å²) in [6, 6.07) is 94.8. The normalized spacial score (nSPS) is 11.6. The van der Waals surface area contributed by atoms with E-state index in [1.807, 2.05) is 0 Å². The third-order valence-corrected chi connectivity index (χ3v) is 13.5. The molecule has 0 unspecified atom stereocenters. The molecule has 3 heteroatoms. The zero-order chi connectivity index (χ0) is 44.3. The molecule has 13 aromatic rings. The molecule has 2 heterocycles. The zero-order valence-electron chi connectivity index (χ0n) is 36.7. The smallest absolute Gasteiger partial charge is 0.0541 e. The fraction of sp³-hybridized carbons (Fsp3) is 0. The van der Waals surface area contributed by atoms with Gasteiger partial charge < -0.3 is 14.0 Å². The molecule has 0 saturated heterocycles. The first kappa shape index (κ1) is 38.5. The van der Waals surface area contributed by atoms with Crippen LogP contribution >= 0.6 is 0 Å². The summed E-state index contributed by atoms with van der Waals surface area (Å²) in [5.74, 6) is 0. The number of benzene rings is 11. The van der Waals surface area contributed by atoms with Crippen molar-refractivity contribution in [2.75, 3.05) is 4.90 Å². The second kappa shape index (κ2) is 16.0. The van der Waals surface area contributed by atoms with Crippen LogP contribution in [0, 0.1) is 0 Å². The van der Waals surface area contributed by atoms with Crippen LogP contribution in [-0.2, 0) is 0 Å². The van der Waals surface area contributed by atoms with Gasteiger partial charge in [0.1, 0.15) is 0 Å². The van der Waals surface area contributed by atoms with Gasteiger partial charge in [0.2, 0.25) is 0 Å². The molecular formula is C64H43N3. The Hall–Kier alpha value is -8.92. The number of hydrogen-bond acceptors (Lipinski definition) is 1. The molecule has 314 valence electrons. The van der Waals surface area contributed by atoms with Crippen LogP contribution in [-0.4, -0.2) is 9.13 Å². The van der Waals surface area contributed by atoms with E-state index in [0.717, 1.165) is 22.7 Å². The van der Waals surface area contributed by atoms with E-state index >= 15 is 0 Å². The van der Waals surface area contributed by atoms with Gasteiger partial charge in [-0.25, -0.2) is 0 Å². The largest absolute Gasteiger partial charge is 0.311 e. The molecule has 67 heavy (non-hydrogen) atoms. The highest BCUT2D eigenvalue weighted by atomic mass is 15.1. The first-order valence-corrected chi connectivity index (χ1v) is 23.0. The molecule has 3 nitrogen and oxygen atoms in total. The van der Waals surface area contributed by atoms with Crippen molar-refractivity contribution in [3.05, 3.63) is 261 Å². The number of rotatable bonds is 8. The standard InChI is InChI=1S/C64H43N3/c1-2-15-50(16-3-1)66-63-24-11-8-20-59(63)60-43-49(33-42-64(60)66)46-27-25-44(26-28-46)45-29-34-51(35-30-45)65(52-36-31-48(32-37-52)56-21-12-14-47-13-4-5-17-55(47)56)53-38-40-54(41-39-53)67-61-22-9-6-18-57(61)58-19-7-10-23-62(58)67/h1-43H. The third kappa shape index (κ3) is 6.59. The molecule has 0 atom stereocenters. The average molecular weight is 854 g/mol. The van der Waals surface area contributed by atoms with E-state index < -0.39 is 0 Å². The highest BCUT2D eigenvalue weighted by Gasteiger charge is 2.17. The molecule has 0 bridgehead atoms. The van der Waals surface area contributed by atoms with Gasteiger partial charge >= 0.3 is 0 Å². The monoisotopic (exact) mass is 853 g/mol. The van der Waals surface area contributed by atoms with E-state index in [2.05, 4.69) is 275 Å². The van der Waals surface area contributed by atoms with Crippen molar-refractivity contribution in [2.45, 2.75) is 0 Å². The summed E-state index contributed by atoms with van der Waals surface area (Å²) in [5.41, 5.74) is 17.6. The lowest BCUT2D eigenvalue weighted by Gasteiger charge is -2.26. The lowest BCUT2D eigenvalue weighted by molar-refractivity contribution is 1.17. The van der Waals surface area contributed by atoms with E-state index in [9.17, 15) is 0 Å². The maximum Gasteiger partial charge on any atom is 0.0541 e. The van der Waals surface area contributed by atoms with Crippen molar-refractivity contribution >= 4 is 71.4 Å². The van der Waals surface area contributed by atoms with E-state index in [4.69, 9.17) is 0 Å². The molecular weight excluding hydrogens is 811 g/mol. The summed E-state index contributed by atoms with van der Waals surface area (Å²) >= 11 is 0. The van der Waals surface area contributed by atoms with Crippen LogP contribution in [0.2, 0.25) is 0 Å². The minimum absolute atomic E-state index is 1.09. The SMILES string of the molecule is c1ccc(-n2c3ccccc3c3cc(-c4ccc(-c5ccc(N(c6ccc(-c7cccc8ccccc78)cc6)c6ccc(-n7c8ccccc8c8ccccc87)cc6)cc5)cc4)ccc32)cc1. The molecule has 13 rings (SSSR count).